The highest BCUT2D eigenvalue weighted by atomic mass is 79.9. The number of anilines is 1. The predicted molar refractivity (Wildman–Crippen MR) is 93.6 cm³/mol. The van der Waals surface area contributed by atoms with Crippen molar-refractivity contribution >= 4 is 21.6 Å². The van der Waals surface area contributed by atoms with Crippen molar-refractivity contribution in [2.45, 2.75) is 53.6 Å². The molecule has 3 heteroatoms. The fraction of sp³-hybridized carbons (Fsp3) is 0.647. The number of halogens is 1. The average molecular weight is 341 g/mol. The van der Waals surface area contributed by atoms with Gasteiger partial charge < -0.3 is 10.2 Å². The molecule has 0 aliphatic carbocycles. The summed E-state index contributed by atoms with van der Waals surface area (Å²) in [6.45, 7) is 15.6. The number of hydrogen-bond acceptors (Lipinski definition) is 2. The van der Waals surface area contributed by atoms with Gasteiger partial charge >= 0.3 is 0 Å². The maximum Gasteiger partial charge on any atom is 0.0428 e. The lowest BCUT2D eigenvalue weighted by Gasteiger charge is -2.34. The Hall–Kier alpha value is -0.540. The smallest absolute Gasteiger partial charge is 0.0428 e. The van der Waals surface area contributed by atoms with Crippen LogP contribution in [0.15, 0.2) is 22.7 Å². The molecule has 0 amide bonds. The Labute approximate surface area is 133 Å². The second-order valence-electron chi connectivity index (χ2n) is 6.12. The van der Waals surface area contributed by atoms with Crippen LogP contribution in [-0.4, -0.2) is 19.1 Å². The standard InChI is InChI=1S/C17H29BrN2/c1-7-19-14(6)16-9-8-15(18)10-17(16)20(13(4)5)11-12(2)3/h8-10,12-14,19H,7,11H2,1-6H3. The second kappa shape index (κ2) is 8.04. The molecule has 114 valence electrons. The summed E-state index contributed by atoms with van der Waals surface area (Å²) in [6, 6.07) is 7.50. The third-order valence-electron chi connectivity index (χ3n) is 3.46. The summed E-state index contributed by atoms with van der Waals surface area (Å²) in [5.74, 6) is 0.652. The zero-order valence-corrected chi connectivity index (χ0v) is 15.3. The molecule has 2 nitrogen and oxygen atoms in total. The van der Waals surface area contributed by atoms with Crippen molar-refractivity contribution < 1.29 is 0 Å². The Balaban J connectivity index is 3.20. The van der Waals surface area contributed by atoms with E-state index >= 15 is 0 Å². The maximum atomic E-state index is 3.62. The van der Waals surface area contributed by atoms with Crippen LogP contribution >= 0.6 is 15.9 Å². The first-order chi connectivity index (χ1) is 9.36. The lowest BCUT2D eigenvalue weighted by Crippen LogP contribution is -2.35. The van der Waals surface area contributed by atoms with Gasteiger partial charge in [0.25, 0.3) is 0 Å². The molecule has 0 spiro atoms. The number of nitrogens with zero attached hydrogens (tertiary/aromatic N) is 1. The van der Waals surface area contributed by atoms with E-state index in [2.05, 4.69) is 85.9 Å². The third kappa shape index (κ3) is 4.78. The van der Waals surface area contributed by atoms with Crippen molar-refractivity contribution in [3.63, 3.8) is 0 Å². The van der Waals surface area contributed by atoms with E-state index in [1.165, 1.54) is 11.3 Å². The topological polar surface area (TPSA) is 15.3 Å². The number of nitrogens with one attached hydrogen (secondary N) is 1. The Bertz CT molecular complexity index is 415. The molecule has 0 radical (unpaired) electrons. The molecule has 0 aromatic heterocycles. The van der Waals surface area contributed by atoms with Gasteiger partial charge in [0.1, 0.15) is 0 Å². The van der Waals surface area contributed by atoms with Gasteiger partial charge in [-0.05, 0) is 50.9 Å². The summed E-state index contributed by atoms with van der Waals surface area (Å²) in [5, 5.41) is 3.53. The van der Waals surface area contributed by atoms with Crippen molar-refractivity contribution in [2.24, 2.45) is 5.92 Å². The molecule has 1 aromatic rings. The van der Waals surface area contributed by atoms with Crippen molar-refractivity contribution in [1.29, 1.82) is 0 Å². The van der Waals surface area contributed by atoms with Gasteiger partial charge in [-0.3, -0.25) is 0 Å². The van der Waals surface area contributed by atoms with Crippen LogP contribution in [0.4, 0.5) is 5.69 Å². The molecule has 1 rings (SSSR count). The first kappa shape index (κ1) is 17.5. The highest BCUT2D eigenvalue weighted by Gasteiger charge is 2.18. The molecule has 0 heterocycles. The van der Waals surface area contributed by atoms with Crippen LogP contribution in [0.3, 0.4) is 0 Å². The minimum Gasteiger partial charge on any atom is -0.369 e. The molecular weight excluding hydrogens is 312 g/mol. The van der Waals surface area contributed by atoms with E-state index < -0.39 is 0 Å². The van der Waals surface area contributed by atoms with Crippen molar-refractivity contribution in [3.05, 3.63) is 28.2 Å². The molecule has 0 saturated carbocycles. The van der Waals surface area contributed by atoms with Crippen LogP contribution in [0.1, 0.15) is 53.1 Å². The highest BCUT2D eigenvalue weighted by molar-refractivity contribution is 9.10. The first-order valence-corrected chi connectivity index (χ1v) is 8.45. The highest BCUT2D eigenvalue weighted by Crippen LogP contribution is 2.31. The summed E-state index contributed by atoms with van der Waals surface area (Å²) in [7, 11) is 0. The van der Waals surface area contributed by atoms with E-state index in [0.29, 0.717) is 18.0 Å². The van der Waals surface area contributed by atoms with Crippen LogP contribution in [0.25, 0.3) is 0 Å². The summed E-state index contributed by atoms with van der Waals surface area (Å²) < 4.78 is 1.15. The predicted octanol–water partition coefficient (Wildman–Crippen LogP) is 4.99. The van der Waals surface area contributed by atoms with Crippen LogP contribution < -0.4 is 10.2 Å². The van der Waals surface area contributed by atoms with Crippen molar-refractivity contribution in [2.75, 3.05) is 18.0 Å². The molecule has 0 aliphatic rings. The fourth-order valence-electron chi connectivity index (χ4n) is 2.53. The lowest BCUT2D eigenvalue weighted by molar-refractivity contribution is 0.557. The van der Waals surface area contributed by atoms with E-state index in [-0.39, 0.29) is 0 Å². The Morgan fingerprint density at radius 3 is 2.30 bits per heavy atom. The molecule has 0 fully saturated rings. The number of benzene rings is 1. The van der Waals surface area contributed by atoms with E-state index in [4.69, 9.17) is 0 Å². The Kier molecular flexibility index (Phi) is 7.04. The normalized spacial score (nSPS) is 13.1. The molecular formula is C17H29BrN2. The minimum atomic E-state index is 0.372. The van der Waals surface area contributed by atoms with Crippen LogP contribution in [0, 0.1) is 5.92 Å². The molecule has 0 saturated heterocycles. The monoisotopic (exact) mass is 340 g/mol. The largest absolute Gasteiger partial charge is 0.369 e. The van der Waals surface area contributed by atoms with Crippen LogP contribution in [0.2, 0.25) is 0 Å². The van der Waals surface area contributed by atoms with Gasteiger partial charge in [0.15, 0.2) is 0 Å². The molecule has 20 heavy (non-hydrogen) atoms. The van der Waals surface area contributed by atoms with E-state index in [0.717, 1.165) is 17.6 Å². The van der Waals surface area contributed by atoms with E-state index in [1.54, 1.807) is 0 Å². The fourth-order valence-corrected chi connectivity index (χ4v) is 2.88. The second-order valence-corrected chi connectivity index (χ2v) is 7.04. The van der Waals surface area contributed by atoms with E-state index in [9.17, 15) is 0 Å². The molecule has 0 aliphatic heterocycles. The average Bonchev–Trinajstić information content (AvgIpc) is 2.35. The SMILES string of the molecule is CCNC(C)c1ccc(Br)cc1N(CC(C)C)C(C)C. The van der Waals surface area contributed by atoms with Crippen molar-refractivity contribution in [3.8, 4) is 0 Å². The van der Waals surface area contributed by atoms with Gasteiger partial charge in [0, 0.05) is 28.8 Å². The van der Waals surface area contributed by atoms with Crippen molar-refractivity contribution in [1.82, 2.24) is 5.32 Å². The zero-order chi connectivity index (χ0) is 15.3. The van der Waals surface area contributed by atoms with Gasteiger partial charge in [0.05, 0.1) is 0 Å². The summed E-state index contributed by atoms with van der Waals surface area (Å²) in [4.78, 5) is 2.51. The lowest BCUT2D eigenvalue weighted by atomic mass is 10.0. The first-order valence-electron chi connectivity index (χ1n) is 7.66. The molecule has 1 unspecified atom stereocenters. The maximum absolute atomic E-state index is 3.62. The molecule has 1 atom stereocenters. The van der Waals surface area contributed by atoms with Gasteiger partial charge in [-0.15, -0.1) is 0 Å². The molecule has 1 aromatic carbocycles. The number of rotatable bonds is 7. The van der Waals surface area contributed by atoms with E-state index in [1.807, 2.05) is 0 Å². The minimum absolute atomic E-state index is 0.372. The summed E-state index contributed by atoms with van der Waals surface area (Å²) in [5.41, 5.74) is 2.72. The number of hydrogen-bond donors (Lipinski definition) is 1. The summed E-state index contributed by atoms with van der Waals surface area (Å²) >= 11 is 3.62. The molecule has 0 bridgehead atoms. The molecule has 1 N–H and O–H groups in total. The third-order valence-corrected chi connectivity index (χ3v) is 3.96. The Morgan fingerprint density at radius 1 is 1.15 bits per heavy atom. The summed E-state index contributed by atoms with van der Waals surface area (Å²) in [6.07, 6.45) is 0. The zero-order valence-electron chi connectivity index (χ0n) is 13.7. The van der Waals surface area contributed by atoms with Crippen LogP contribution in [-0.2, 0) is 0 Å². The van der Waals surface area contributed by atoms with Gasteiger partial charge in [-0.25, -0.2) is 0 Å². The van der Waals surface area contributed by atoms with Gasteiger partial charge in [-0.2, -0.15) is 0 Å². The van der Waals surface area contributed by atoms with Gasteiger partial charge in [0.2, 0.25) is 0 Å². The van der Waals surface area contributed by atoms with Crippen LogP contribution in [0.5, 0.6) is 0 Å². The van der Waals surface area contributed by atoms with Gasteiger partial charge in [-0.1, -0.05) is 42.8 Å². The quantitative estimate of drug-likeness (QED) is 0.752. The Morgan fingerprint density at radius 2 is 1.80 bits per heavy atom.